The molecule has 2 aromatic rings. The summed E-state index contributed by atoms with van der Waals surface area (Å²) in [6.45, 7) is 4.11. The van der Waals surface area contributed by atoms with Crippen LogP contribution in [0, 0.1) is 0 Å². The van der Waals surface area contributed by atoms with Gasteiger partial charge < -0.3 is 19.9 Å². The molecule has 0 saturated heterocycles. The average molecular weight is 398 g/mol. The lowest BCUT2D eigenvalue weighted by molar-refractivity contribution is -0.146. The molecule has 2 heterocycles. The highest BCUT2D eigenvalue weighted by molar-refractivity contribution is 5.92. The molecular weight excluding hydrogens is 372 g/mol. The number of nitrogens with one attached hydrogen (secondary N) is 1. The minimum atomic E-state index is -0.523. The molecule has 0 bridgehead atoms. The summed E-state index contributed by atoms with van der Waals surface area (Å²) >= 11 is 0. The molecule has 8 heteroatoms. The van der Waals surface area contributed by atoms with Crippen LogP contribution in [0.5, 0.6) is 11.5 Å². The number of aromatic hydroxyl groups is 1. The highest BCUT2D eigenvalue weighted by Gasteiger charge is 2.36. The van der Waals surface area contributed by atoms with Crippen LogP contribution in [0.4, 0.5) is 5.95 Å². The first-order valence-corrected chi connectivity index (χ1v) is 10.1. The third kappa shape index (κ3) is 3.79. The minimum Gasteiger partial charge on any atom is -0.504 e. The van der Waals surface area contributed by atoms with Gasteiger partial charge in [0.05, 0.1) is 12.2 Å². The van der Waals surface area contributed by atoms with E-state index in [0.717, 1.165) is 31.2 Å². The number of allylic oxidation sites excluding steroid dienone is 1. The highest BCUT2D eigenvalue weighted by atomic mass is 16.5. The van der Waals surface area contributed by atoms with Gasteiger partial charge in [-0.1, -0.05) is 12.5 Å². The Hall–Kier alpha value is -3.03. The molecule has 1 aliphatic heterocycles. The van der Waals surface area contributed by atoms with E-state index in [1.165, 1.54) is 12.7 Å². The fourth-order valence-corrected chi connectivity index (χ4v) is 4.03. The van der Waals surface area contributed by atoms with E-state index in [1.807, 2.05) is 13.8 Å². The van der Waals surface area contributed by atoms with Crippen LogP contribution in [-0.2, 0) is 9.53 Å². The number of benzene rings is 1. The van der Waals surface area contributed by atoms with Crippen LogP contribution in [0.25, 0.3) is 0 Å². The van der Waals surface area contributed by atoms with Gasteiger partial charge in [0.25, 0.3) is 0 Å². The quantitative estimate of drug-likeness (QED) is 0.743. The van der Waals surface area contributed by atoms with Crippen molar-refractivity contribution in [1.82, 2.24) is 14.8 Å². The van der Waals surface area contributed by atoms with E-state index in [9.17, 15) is 9.90 Å². The number of hydrogen-bond acceptors (Lipinski definition) is 7. The van der Waals surface area contributed by atoms with Gasteiger partial charge in [-0.05, 0) is 57.2 Å². The second-order valence-electron chi connectivity index (χ2n) is 7.42. The molecule has 1 fully saturated rings. The molecule has 29 heavy (non-hydrogen) atoms. The third-order valence-corrected chi connectivity index (χ3v) is 5.44. The smallest absolute Gasteiger partial charge is 0.338 e. The number of carbonyl (C=O) groups excluding carboxylic acids is 1. The van der Waals surface area contributed by atoms with Crippen molar-refractivity contribution in [2.45, 2.75) is 58.1 Å². The maximum absolute atomic E-state index is 13.2. The van der Waals surface area contributed by atoms with Gasteiger partial charge in [-0.2, -0.15) is 10.1 Å². The number of anilines is 1. The number of ether oxygens (including phenoxy) is 2. The molecule has 2 N–H and O–H groups in total. The molecule has 154 valence electrons. The van der Waals surface area contributed by atoms with E-state index in [1.54, 1.807) is 22.9 Å². The SMILES string of the molecule is CCOc1cc(C2C(C(=O)OC3CCCCC3)=C(C)Nc3ncnn32)ccc1O. The first-order valence-electron chi connectivity index (χ1n) is 10.1. The number of fused-ring (bicyclic) bond motifs is 1. The van der Waals surface area contributed by atoms with Crippen LogP contribution in [0.15, 0.2) is 35.8 Å². The fraction of sp³-hybridized carbons (Fsp3) is 0.476. The van der Waals surface area contributed by atoms with E-state index < -0.39 is 6.04 Å². The molecule has 0 amide bonds. The van der Waals surface area contributed by atoms with Crippen molar-refractivity contribution in [3.63, 3.8) is 0 Å². The van der Waals surface area contributed by atoms with Crippen molar-refractivity contribution in [1.29, 1.82) is 0 Å². The van der Waals surface area contributed by atoms with E-state index in [4.69, 9.17) is 9.47 Å². The minimum absolute atomic E-state index is 0.0480. The molecule has 0 spiro atoms. The van der Waals surface area contributed by atoms with E-state index in [-0.39, 0.29) is 17.8 Å². The molecule has 1 atom stereocenters. The van der Waals surface area contributed by atoms with Gasteiger partial charge in [-0.15, -0.1) is 0 Å². The van der Waals surface area contributed by atoms with Gasteiger partial charge in [0.15, 0.2) is 11.5 Å². The van der Waals surface area contributed by atoms with Gasteiger partial charge in [0, 0.05) is 5.70 Å². The highest BCUT2D eigenvalue weighted by Crippen LogP contribution is 2.39. The molecule has 8 nitrogen and oxygen atoms in total. The zero-order valence-corrected chi connectivity index (χ0v) is 16.7. The Labute approximate surface area is 169 Å². The lowest BCUT2D eigenvalue weighted by Gasteiger charge is -2.30. The van der Waals surface area contributed by atoms with Crippen LogP contribution < -0.4 is 10.1 Å². The Morgan fingerprint density at radius 1 is 1.31 bits per heavy atom. The summed E-state index contributed by atoms with van der Waals surface area (Å²) in [7, 11) is 0. The summed E-state index contributed by atoms with van der Waals surface area (Å²) in [6.07, 6.45) is 6.56. The number of phenols is 1. The zero-order valence-electron chi connectivity index (χ0n) is 16.7. The van der Waals surface area contributed by atoms with Crippen LogP contribution in [0.2, 0.25) is 0 Å². The average Bonchev–Trinajstić information content (AvgIpc) is 3.17. The van der Waals surface area contributed by atoms with E-state index >= 15 is 0 Å². The monoisotopic (exact) mass is 398 g/mol. The van der Waals surface area contributed by atoms with Crippen LogP contribution in [0.1, 0.15) is 57.6 Å². The number of esters is 1. The largest absolute Gasteiger partial charge is 0.504 e. The van der Waals surface area contributed by atoms with Crippen LogP contribution >= 0.6 is 0 Å². The van der Waals surface area contributed by atoms with Gasteiger partial charge >= 0.3 is 5.97 Å². The molecule has 1 aromatic carbocycles. The summed E-state index contributed by atoms with van der Waals surface area (Å²) in [5.41, 5.74) is 1.93. The van der Waals surface area contributed by atoms with Crippen molar-refractivity contribution in [2.75, 3.05) is 11.9 Å². The Bertz CT molecular complexity index is 931. The van der Waals surface area contributed by atoms with Crippen molar-refractivity contribution < 1.29 is 19.4 Å². The van der Waals surface area contributed by atoms with Crippen molar-refractivity contribution in [2.24, 2.45) is 0 Å². The third-order valence-electron chi connectivity index (χ3n) is 5.44. The van der Waals surface area contributed by atoms with E-state index in [2.05, 4.69) is 15.4 Å². The van der Waals surface area contributed by atoms with Gasteiger partial charge in [-0.3, -0.25) is 0 Å². The number of nitrogens with zero attached hydrogens (tertiary/aromatic N) is 3. The van der Waals surface area contributed by atoms with Crippen molar-refractivity contribution in [3.05, 3.63) is 41.4 Å². The summed E-state index contributed by atoms with van der Waals surface area (Å²) < 4.78 is 13.1. The molecular formula is C21H26N4O4. The van der Waals surface area contributed by atoms with E-state index in [0.29, 0.717) is 29.6 Å². The number of aromatic nitrogens is 3. The first-order chi connectivity index (χ1) is 14.1. The lowest BCUT2D eigenvalue weighted by Crippen LogP contribution is -2.32. The molecule has 4 rings (SSSR count). The lowest BCUT2D eigenvalue weighted by atomic mass is 9.94. The Morgan fingerprint density at radius 2 is 2.10 bits per heavy atom. The maximum Gasteiger partial charge on any atom is 0.338 e. The first kappa shape index (κ1) is 19.3. The fourth-order valence-electron chi connectivity index (χ4n) is 4.03. The molecule has 1 unspecified atom stereocenters. The van der Waals surface area contributed by atoms with Crippen molar-refractivity contribution >= 4 is 11.9 Å². The maximum atomic E-state index is 13.2. The summed E-state index contributed by atoms with van der Waals surface area (Å²) in [5.74, 6) is 0.616. The van der Waals surface area contributed by atoms with Gasteiger partial charge in [-0.25, -0.2) is 9.48 Å². The predicted molar refractivity (Wildman–Crippen MR) is 107 cm³/mol. The standard InChI is InChI=1S/C21H26N4O4/c1-3-28-17-11-14(9-10-16(17)26)19-18(13(2)24-21-22-12-23-25(19)21)20(27)29-15-7-5-4-6-8-15/h9-12,15,19,26H,3-8H2,1-2H3,(H,22,23,24). The topological polar surface area (TPSA) is 98.5 Å². The molecule has 1 saturated carbocycles. The van der Waals surface area contributed by atoms with Gasteiger partial charge in [0.2, 0.25) is 5.95 Å². The second-order valence-corrected chi connectivity index (χ2v) is 7.42. The number of phenolic OH excluding ortho intramolecular Hbond substituents is 1. The van der Waals surface area contributed by atoms with Gasteiger partial charge in [0.1, 0.15) is 18.5 Å². The normalized spacial score (nSPS) is 19.4. The van der Waals surface area contributed by atoms with Crippen LogP contribution in [-0.4, -0.2) is 38.6 Å². The summed E-state index contributed by atoms with van der Waals surface area (Å²) in [6, 6.07) is 4.55. The predicted octanol–water partition coefficient (Wildman–Crippen LogP) is 3.55. The summed E-state index contributed by atoms with van der Waals surface area (Å²) in [5, 5.41) is 17.6. The Kier molecular flexibility index (Phi) is 5.42. The number of rotatable bonds is 5. The molecule has 0 radical (unpaired) electrons. The molecule has 1 aromatic heterocycles. The van der Waals surface area contributed by atoms with Crippen LogP contribution in [0.3, 0.4) is 0 Å². The Morgan fingerprint density at radius 3 is 2.86 bits per heavy atom. The number of carbonyl (C=O) groups is 1. The summed E-state index contributed by atoms with van der Waals surface area (Å²) in [4.78, 5) is 17.4. The molecule has 2 aliphatic rings. The molecule has 1 aliphatic carbocycles. The van der Waals surface area contributed by atoms with Crippen molar-refractivity contribution in [3.8, 4) is 11.5 Å². The zero-order chi connectivity index (χ0) is 20.4. The second kappa shape index (κ2) is 8.14. The Balaban J connectivity index is 1.72. The number of hydrogen-bond donors (Lipinski definition) is 2.